The van der Waals surface area contributed by atoms with E-state index >= 15 is 0 Å². The molecule has 1 fully saturated rings. The Hall–Kier alpha value is -1.79. The van der Waals surface area contributed by atoms with Crippen LogP contribution in [0.4, 0.5) is 0 Å². The molecule has 1 aliphatic rings. The van der Waals surface area contributed by atoms with Gasteiger partial charge in [0.05, 0.1) is 6.61 Å². The molecule has 1 saturated heterocycles. The van der Waals surface area contributed by atoms with Gasteiger partial charge < -0.3 is 20.7 Å². The van der Waals surface area contributed by atoms with E-state index in [1.807, 2.05) is 20.8 Å². The maximum atomic E-state index is 12.6. The minimum absolute atomic E-state index is 0. The normalized spacial score (nSPS) is 15.7. The zero-order valence-electron chi connectivity index (χ0n) is 15.7. The van der Waals surface area contributed by atoms with Crippen LogP contribution in [0.2, 0.25) is 0 Å². The molecule has 0 aliphatic carbocycles. The average molecular weight is 384 g/mol. The summed E-state index contributed by atoms with van der Waals surface area (Å²) in [5.74, 6) is 0.375. The fraction of sp³-hybridized carbons (Fsp3) is 0.579. The van der Waals surface area contributed by atoms with E-state index in [9.17, 15) is 9.59 Å². The molecule has 7 heteroatoms. The Labute approximate surface area is 161 Å². The summed E-state index contributed by atoms with van der Waals surface area (Å²) in [6.45, 7) is 8.19. The molecule has 0 spiro atoms. The molecule has 0 bridgehead atoms. The lowest BCUT2D eigenvalue weighted by molar-refractivity contribution is -0.124. The van der Waals surface area contributed by atoms with Crippen LogP contribution < -0.4 is 20.7 Å². The number of nitrogens with one attached hydrogen (secondary N) is 3. The van der Waals surface area contributed by atoms with Gasteiger partial charge in [0.15, 0.2) is 0 Å². The zero-order valence-corrected chi connectivity index (χ0v) is 16.5. The van der Waals surface area contributed by atoms with Crippen LogP contribution >= 0.6 is 12.4 Å². The maximum Gasteiger partial charge on any atom is 0.251 e. The van der Waals surface area contributed by atoms with E-state index in [0.717, 1.165) is 31.7 Å². The van der Waals surface area contributed by atoms with Gasteiger partial charge in [0.2, 0.25) is 5.91 Å². The van der Waals surface area contributed by atoms with E-state index in [0.29, 0.717) is 12.2 Å². The standard InChI is InChI=1S/C19H29N3O3.ClH/c1-4-25-16-7-5-14(6-8-16)18(23)22-17(13(2)3)19(24)21-15-9-11-20-12-10-15;/h5-8,13,15,17,20H,4,9-12H2,1-3H3,(H,21,24)(H,22,23);1H. The lowest BCUT2D eigenvalue weighted by Gasteiger charge is -2.28. The van der Waals surface area contributed by atoms with Crippen molar-refractivity contribution < 1.29 is 14.3 Å². The Kier molecular flexibility index (Phi) is 9.44. The van der Waals surface area contributed by atoms with Crippen LogP contribution in [0.15, 0.2) is 24.3 Å². The summed E-state index contributed by atoms with van der Waals surface area (Å²) in [6.07, 6.45) is 1.84. The Bertz CT molecular complexity index is 572. The fourth-order valence-corrected chi connectivity index (χ4v) is 2.89. The molecule has 0 radical (unpaired) electrons. The first kappa shape index (κ1) is 22.3. The molecule has 26 heavy (non-hydrogen) atoms. The molecule has 0 saturated carbocycles. The maximum absolute atomic E-state index is 12.6. The van der Waals surface area contributed by atoms with E-state index < -0.39 is 6.04 Å². The number of carbonyl (C=O) groups excluding carboxylic acids is 2. The van der Waals surface area contributed by atoms with E-state index in [1.165, 1.54) is 0 Å². The summed E-state index contributed by atoms with van der Waals surface area (Å²) in [4.78, 5) is 25.1. The van der Waals surface area contributed by atoms with Crippen molar-refractivity contribution in [1.29, 1.82) is 0 Å². The van der Waals surface area contributed by atoms with Crippen LogP contribution in [0, 0.1) is 5.92 Å². The quantitative estimate of drug-likeness (QED) is 0.674. The minimum Gasteiger partial charge on any atom is -0.494 e. The third-order valence-corrected chi connectivity index (χ3v) is 4.35. The first-order chi connectivity index (χ1) is 12.0. The van der Waals surface area contributed by atoms with Crippen molar-refractivity contribution in [3.63, 3.8) is 0 Å². The third-order valence-electron chi connectivity index (χ3n) is 4.35. The SMILES string of the molecule is CCOc1ccc(C(=O)NC(C(=O)NC2CCNCC2)C(C)C)cc1.Cl. The number of hydrogen-bond acceptors (Lipinski definition) is 4. The molecular weight excluding hydrogens is 354 g/mol. The van der Waals surface area contributed by atoms with Gasteiger partial charge in [-0.25, -0.2) is 0 Å². The largest absolute Gasteiger partial charge is 0.494 e. The Morgan fingerprint density at radius 2 is 1.81 bits per heavy atom. The summed E-state index contributed by atoms with van der Waals surface area (Å²) < 4.78 is 5.38. The van der Waals surface area contributed by atoms with Crippen molar-refractivity contribution in [2.45, 2.75) is 45.7 Å². The monoisotopic (exact) mass is 383 g/mol. The average Bonchev–Trinajstić information content (AvgIpc) is 2.61. The number of carbonyl (C=O) groups is 2. The highest BCUT2D eigenvalue weighted by Crippen LogP contribution is 2.13. The Morgan fingerprint density at radius 1 is 1.19 bits per heavy atom. The van der Waals surface area contributed by atoms with Gasteiger partial charge in [-0.05, 0) is 63.0 Å². The van der Waals surface area contributed by atoms with Crippen LogP contribution in [-0.4, -0.2) is 43.6 Å². The van der Waals surface area contributed by atoms with Gasteiger partial charge in [-0.15, -0.1) is 12.4 Å². The van der Waals surface area contributed by atoms with Crippen molar-refractivity contribution in [3.05, 3.63) is 29.8 Å². The number of hydrogen-bond donors (Lipinski definition) is 3. The number of halogens is 1. The zero-order chi connectivity index (χ0) is 18.2. The lowest BCUT2D eigenvalue weighted by atomic mass is 10.0. The number of benzene rings is 1. The van der Waals surface area contributed by atoms with E-state index in [2.05, 4.69) is 16.0 Å². The number of piperidine rings is 1. The Balaban J connectivity index is 0.00000338. The summed E-state index contributed by atoms with van der Waals surface area (Å²) in [7, 11) is 0. The predicted molar refractivity (Wildman–Crippen MR) is 105 cm³/mol. The topological polar surface area (TPSA) is 79.5 Å². The second-order valence-electron chi connectivity index (χ2n) is 6.69. The van der Waals surface area contributed by atoms with Crippen molar-refractivity contribution >= 4 is 24.2 Å². The molecule has 1 unspecified atom stereocenters. The highest BCUT2D eigenvalue weighted by molar-refractivity contribution is 5.97. The van der Waals surface area contributed by atoms with E-state index in [1.54, 1.807) is 24.3 Å². The molecule has 1 aromatic carbocycles. The second kappa shape index (κ2) is 11.0. The van der Waals surface area contributed by atoms with Crippen molar-refractivity contribution in [3.8, 4) is 5.75 Å². The molecule has 1 aliphatic heterocycles. The van der Waals surface area contributed by atoms with Gasteiger partial charge in [-0.3, -0.25) is 9.59 Å². The van der Waals surface area contributed by atoms with Crippen LogP contribution in [0.3, 0.4) is 0 Å². The molecule has 3 N–H and O–H groups in total. The fourth-order valence-electron chi connectivity index (χ4n) is 2.89. The summed E-state index contributed by atoms with van der Waals surface area (Å²) in [6, 6.07) is 6.58. The molecule has 6 nitrogen and oxygen atoms in total. The lowest BCUT2D eigenvalue weighted by Crippen LogP contribution is -2.53. The molecular formula is C19H30ClN3O3. The molecule has 1 heterocycles. The third kappa shape index (κ3) is 6.50. The number of amides is 2. The number of rotatable bonds is 7. The second-order valence-corrected chi connectivity index (χ2v) is 6.69. The summed E-state index contributed by atoms with van der Waals surface area (Å²) >= 11 is 0. The van der Waals surface area contributed by atoms with Crippen molar-refractivity contribution in [2.75, 3.05) is 19.7 Å². The summed E-state index contributed by atoms with van der Waals surface area (Å²) in [5, 5.41) is 9.21. The Morgan fingerprint density at radius 3 is 2.35 bits per heavy atom. The van der Waals surface area contributed by atoms with Gasteiger partial charge in [0, 0.05) is 11.6 Å². The van der Waals surface area contributed by atoms with Crippen LogP contribution in [0.1, 0.15) is 44.0 Å². The molecule has 0 aromatic heterocycles. The summed E-state index contributed by atoms with van der Waals surface area (Å²) in [5.41, 5.74) is 0.517. The van der Waals surface area contributed by atoms with Gasteiger partial charge in [-0.1, -0.05) is 13.8 Å². The molecule has 1 aromatic rings. The number of ether oxygens (including phenoxy) is 1. The molecule has 2 amide bonds. The highest BCUT2D eigenvalue weighted by Gasteiger charge is 2.27. The highest BCUT2D eigenvalue weighted by atomic mass is 35.5. The molecule has 146 valence electrons. The first-order valence-corrected chi connectivity index (χ1v) is 9.06. The van der Waals surface area contributed by atoms with Crippen molar-refractivity contribution in [2.24, 2.45) is 5.92 Å². The van der Waals surface area contributed by atoms with Crippen LogP contribution in [-0.2, 0) is 4.79 Å². The first-order valence-electron chi connectivity index (χ1n) is 9.06. The van der Waals surface area contributed by atoms with Gasteiger partial charge in [-0.2, -0.15) is 0 Å². The van der Waals surface area contributed by atoms with Crippen LogP contribution in [0.5, 0.6) is 5.75 Å². The molecule has 1 atom stereocenters. The molecule has 2 rings (SSSR count). The minimum atomic E-state index is -0.547. The van der Waals surface area contributed by atoms with Crippen LogP contribution in [0.25, 0.3) is 0 Å². The van der Waals surface area contributed by atoms with E-state index in [4.69, 9.17) is 4.74 Å². The smallest absolute Gasteiger partial charge is 0.251 e. The predicted octanol–water partition coefficient (Wildman–Crippen LogP) is 2.13. The van der Waals surface area contributed by atoms with Gasteiger partial charge in [0.1, 0.15) is 11.8 Å². The van der Waals surface area contributed by atoms with Gasteiger partial charge >= 0.3 is 0 Å². The van der Waals surface area contributed by atoms with Gasteiger partial charge in [0.25, 0.3) is 5.91 Å². The van der Waals surface area contributed by atoms with E-state index in [-0.39, 0.29) is 36.2 Å². The van der Waals surface area contributed by atoms with Crippen molar-refractivity contribution in [1.82, 2.24) is 16.0 Å².